The summed E-state index contributed by atoms with van der Waals surface area (Å²) >= 11 is 3.33. The molecule has 1 aliphatic rings. The van der Waals surface area contributed by atoms with Crippen LogP contribution in [0, 0.1) is 0 Å². The number of rotatable bonds is 6. The van der Waals surface area contributed by atoms with Gasteiger partial charge in [-0.2, -0.15) is 0 Å². The Hall–Kier alpha value is -1.86. The van der Waals surface area contributed by atoms with Gasteiger partial charge >= 0.3 is 0 Å². The molecule has 1 aliphatic carbocycles. The maximum atomic E-state index is 12.7. The molecule has 0 unspecified atom stereocenters. The second-order valence-corrected chi connectivity index (χ2v) is 9.41. The fraction of sp³-hybridized carbons (Fsp3) is 0.316. The van der Waals surface area contributed by atoms with Gasteiger partial charge in [0.2, 0.25) is 0 Å². The fourth-order valence-electron chi connectivity index (χ4n) is 3.02. The summed E-state index contributed by atoms with van der Waals surface area (Å²) in [5.74, 6) is 0.240. The van der Waals surface area contributed by atoms with Gasteiger partial charge in [0.15, 0.2) is 16.4 Å². The van der Waals surface area contributed by atoms with E-state index in [4.69, 9.17) is 4.74 Å². The standard InChI is InChI=1S/C19H20BrNO4S/c20-14-8-10-16(11-9-14)25-13-19(22)21-15-4-3-7-18(12-15)26(23,24)17-5-1-2-6-17/h3-4,7-12,17H,1-2,5-6,13H2,(H,21,22). The zero-order valence-electron chi connectivity index (χ0n) is 14.2. The van der Waals surface area contributed by atoms with E-state index < -0.39 is 9.84 Å². The van der Waals surface area contributed by atoms with Crippen LogP contribution in [0.2, 0.25) is 0 Å². The first-order valence-electron chi connectivity index (χ1n) is 8.47. The highest BCUT2D eigenvalue weighted by atomic mass is 79.9. The molecule has 0 aromatic heterocycles. The molecule has 0 bridgehead atoms. The second-order valence-electron chi connectivity index (χ2n) is 6.27. The van der Waals surface area contributed by atoms with Gasteiger partial charge in [-0.25, -0.2) is 8.42 Å². The minimum absolute atomic E-state index is 0.152. The minimum atomic E-state index is -3.34. The molecule has 1 amide bonds. The lowest BCUT2D eigenvalue weighted by Crippen LogP contribution is -2.21. The molecule has 1 N–H and O–H groups in total. The molecule has 0 atom stereocenters. The van der Waals surface area contributed by atoms with Gasteiger partial charge < -0.3 is 10.1 Å². The Labute approximate surface area is 161 Å². The molecule has 7 heteroatoms. The smallest absolute Gasteiger partial charge is 0.262 e. The lowest BCUT2D eigenvalue weighted by Gasteiger charge is -2.13. The highest BCUT2D eigenvalue weighted by Gasteiger charge is 2.30. The highest BCUT2D eigenvalue weighted by Crippen LogP contribution is 2.30. The number of benzene rings is 2. The molecule has 3 rings (SSSR count). The third-order valence-electron chi connectivity index (χ3n) is 4.37. The summed E-state index contributed by atoms with van der Waals surface area (Å²) in [6.07, 6.45) is 3.32. The van der Waals surface area contributed by atoms with E-state index in [0.29, 0.717) is 24.3 Å². The molecule has 5 nitrogen and oxygen atoms in total. The molecule has 138 valence electrons. The molecular weight excluding hydrogens is 418 g/mol. The first-order chi connectivity index (χ1) is 12.4. The van der Waals surface area contributed by atoms with Gasteiger partial charge in [-0.05, 0) is 55.3 Å². The summed E-state index contributed by atoms with van der Waals surface area (Å²) < 4.78 is 31.7. The average molecular weight is 438 g/mol. The zero-order valence-corrected chi connectivity index (χ0v) is 16.6. The number of ether oxygens (including phenoxy) is 1. The number of hydrogen-bond acceptors (Lipinski definition) is 4. The van der Waals surface area contributed by atoms with Crippen LogP contribution < -0.4 is 10.1 Å². The van der Waals surface area contributed by atoms with E-state index in [-0.39, 0.29) is 22.7 Å². The van der Waals surface area contributed by atoms with Gasteiger partial charge in [0.1, 0.15) is 5.75 Å². The van der Waals surface area contributed by atoms with Crippen LogP contribution >= 0.6 is 15.9 Å². The number of nitrogens with one attached hydrogen (secondary N) is 1. The Morgan fingerprint density at radius 3 is 2.50 bits per heavy atom. The molecule has 0 saturated heterocycles. The predicted octanol–water partition coefficient (Wildman–Crippen LogP) is 4.18. The summed E-state index contributed by atoms with van der Waals surface area (Å²) in [6, 6.07) is 13.6. The van der Waals surface area contributed by atoms with Crippen LogP contribution in [0.25, 0.3) is 0 Å². The second kappa shape index (κ2) is 8.22. The topological polar surface area (TPSA) is 72.5 Å². The van der Waals surface area contributed by atoms with Gasteiger partial charge in [0.05, 0.1) is 10.1 Å². The lowest BCUT2D eigenvalue weighted by molar-refractivity contribution is -0.118. The lowest BCUT2D eigenvalue weighted by atomic mass is 10.3. The van der Waals surface area contributed by atoms with E-state index in [0.717, 1.165) is 17.3 Å². The summed E-state index contributed by atoms with van der Waals surface area (Å²) in [6.45, 7) is -0.152. The van der Waals surface area contributed by atoms with Crippen molar-refractivity contribution >= 4 is 37.4 Å². The molecule has 0 spiro atoms. The predicted molar refractivity (Wildman–Crippen MR) is 104 cm³/mol. The van der Waals surface area contributed by atoms with E-state index in [1.807, 2.05) is 12.1 Å². The molecule has 0 heterocycles. The molecular formula is C19H20BrNO4S. The monoisotopic (exact) mass is 437 g/mol. The Bertz CT molecular complexity index is 875. The van der Waals surface area contributed by atoms with Crippen LogP contribution in [-0.2, 0) is 14.6 Å². The molecule has 1 saturated carbocycles. The maximum Gasteiger partial charge on any atom is 0.262 e. The van der Waals surface area contributed by atoms with Gasteiger partial charge in [-0.3, -0.25) is 4.79 Å². The third kappa shape index (κ3) is 4.65. The van der Waals surface area contributed by atoms with Crippen molar-refractivity contribution in [1.82, 2.24) is 0 Å². The quantitative estimate of drug-likeness (QED) is 0.735. The van der Waals surface area contributed by atoms with Crippen LogP contribution in [-0.4, -0.2) is 26.2 Å². The number of hydrogen-bond donors (Lipinski definition) is 1. The Morgan fingerprint density at radius 1 is 1.12 bits per heavy atom. The van der Waals surface area contributed by atoms with Crippen molar-refractivity contribution in [3.05, 3.63) is 53.0 Å². The van der Waals surface area contributed by atoms with Crippen LogP contribution in [0.3, 0.4) is 0 Å². The summed E-state index contributed by atoms with van der Waals surface area (Å²) in [7, 11) is -3.34. The Morgan fingerprint density at radius 2 is 1.81 bits per heavy atom. The first kappa shape index (κ1) is 18.9. The van der Waals surface area contributed by atoms with E-state index >= 15 is 0 Å². The van der Waals surface area contributed by atoms with Crippen molar-refractivity contribution in [2.75, 3.05) is 11.9 Å². The Kier molecular flexibility index (Phi) is 5.98. The first-order valence-corrected chi connectivity index (χ1v) is 10.8. The maximum absolute atomic E-state index is 12.7. The van der Waals surface area contributed by atoms with Gasteiger partial charge in [0, 0.05) is 10.2 Å². The van der Waals surface area contributed by atoms with Crippen molar-refractivity contribution in [3.8, 4) is 5.75 Å². The number of anilines is 1. The minimum Gasteiger partial charge on any atom is -0.484 e. The van der Waals surface area contributed by atoms with Crippen LogP contribution in [0.1, 0.15) is 25.7 Å². The van der Waals surface area contributed by atoms with Gasteiger partial charge in [-0.15, -0.1) is 0 Å². The third-order valence-corrected chi connectivity index (χ3v) is 7.16. The van der Waals surface area contributed by atoms with E-state index in [2.05, 4.69) is 21.2 Å². The van der Waals surface area contributed by atoms with Crippen LogP contribution in [0.15, 0.2) is 57.9 Å². The summed E-state index contributed by atoms with van der Waals surface area (Å²) in [5, 5.41) is 2.38. The SMILES string of the molecule is O=C(COc1ccc(Br)cc1)Nc1cccc(S(=O)(=O)C2CCCC2)c1. The largest absolute Gasteiger partial charge is 0.484 e. The number of carbonyl (C=O) groups excluding carboxylic acids is 1. The van der Waals surface area contributed by atoms with Crippen LogP contribution in [0.4, 0.5) is 5.69 Å². The Balaban J connectivity index is 1.62. The van der Waals surface area contributed by atoms with Gasteiger partial charge in [0.25, 0.3) is 5.91 Å². The molecule has 0 radical (unpaired) electrons. The number of amides is 1. The average Bonchev–Trinajstić information content (AvgIpc) is 3.17. The van der Waals surface area contributed by atoms with Crippen molar-refractivity contribution in [2.45, 2.75) is 35.8 Å². The van der Waals surface area contributed by atoms with Gasteiger partial charge in [-0.1, -0.05) is 34.8 Å². The van der Waals surface area contributed by atoms with E-state index in [1.165, 1.54) is 6.07 Å². The number of sulfone groups is 1. The fourth-order valence-corrected chi connectivity index (χ4v) is 5.18. The van der Waals surface area contributed by atoms with Crippen LogP contribution in [0.5, 0.6) is 5.75 Å². The summed E-state index contributed by atoms with van der Waals surface area (Å²) in [4.78, 5) is 12.3. The number of carbonyl (C=O) groups is 1. The van der Waals surface area contributed by atoms with E-state index in [9.17, 15) is 13.2 Å². The van der Waals surface area contributed by atoms with E-state index in [1.54, 1.807) is 30.3 Å². The molecule has 0 aliphatic heterocycles. The van der Waals surface area contributed by atoms with Crippen molar-refractivity contribution in [2.24, 2.45) is 0 Å². The van der Waals surface area contributed by atoms with Crippen molar-refractivity contribution in [1.29, 1.82) is 0 Å². The molecule has 1 fully saturated rings. The van der Waals surface area contributed by atoms with Crippen molar-refractivity contribution < 1.29 is 17.9 Å². The summed E-state index contributed by atoms with van der Waals surface area (Å²) in [5.41, 5.74) is 0.452. The zero-order chi connectivity index (χ0) is 18.6. The number of halogens is 1. The molecule has 2 aromatic carbocycles. The highest BCUT2D eigenvalue weighted by molar-refractivity contribution is 9.10. The van der Waals surface area contributed by atoms with Crippen molar-refractivity contribution in [3.63, 3.8) is 0 Å². The molecule has 2 aromatic rings. The normalized spacial score (nSPS) is 15.0. The molecule has 26 heavy (non-hydrogen) atoms.